The van der Waals surface area contributed by atoms with E-state index in [2.05, 4.69) is 38.4 Å². The largest absolute Gasteiger partial charge is 0.369 e. The normalized spacial score (nSPS) is 11.3. The lowest BCUT2D eigenvalue weighted by Gasteiger charge is -2.09. The van der Waals surface area contributed by atoms with Crippen molar-refractivity contribution >= 4 is 22.5 Å². The summed E-state index contributed by atoms with van der Waals surface area (Å²) in [6.07, 6.45) is 3.49. The minimum absolute atomic E-state index is 0.780. The Morgan fingerprint density at radius 1 is 1.17 bits per heavy atom. The molecule has 4 rings (SSSR count). The predicted molar refractivity (Wildman–Crippen MR) is 90.7 cm³/mol. The maximum Gasteiger partial charge on any atom is 0.157 e. The molecule has 116 valence electrons. The van der Waals surface area contributed by atoms with Gasteiger partial charge in [0.15, 0.2) is 5.65 Å². The predicted octanol–water partition coefficient (Wildman–Crippen LogP) is 2.82. The molecule has 0 amide bonds. The number of benzene rings is 1. The third-order valence-electron chi connectivity index (χ3n) is 3.88. The Balaban J connectivity index is 1.51. The van der Waals surface area contributed by atoms with Crippen LogP contribution in [0, 0.1) is 0 Å². The van der Waals surface area contributed by atoms with E-state index in [1.807, 2.05) is 34.8 Å². The summed E-state index contributed by atoms with van der Waals surface area (Å²) in [7, 11) is 0. The topological polar surface area (TPSA) is 70.9 Å². The summed E-state index contributed by atoms with van der Waals surface area (Å²) in [5.41, 5.74) is 4.02. The average molecular weight is 306 g/mol. The second-order valence-electron chi connectivity index (χ2n) is 5.46. The number of para-hydroxylation sites is 2. The summed E-state index contributed by atoms with van der Waals surface area (Å²) >= 11 is 0. The highest BCUT2D eigenvalue weighted by molar-refractivity contribution is 5.74. The van der Waals surface area contributed by atoms with Crippen LogP contribution >= 0.6 is 0 Å². The highest BCUT2D eigenvalue weighted by atomic mass is 15.3. The lowest BCUT2D eigenvalue weighted by molar-refractivity contribution is 0.878. The maximum absolute atomic E-state index is 4.60. The number of nitrogens with zero attached hydrogens (tertiary/aromatic N) is 4. The van der Waals surface area contributed by atoms with Crippen LogP contribution < -0.4 is 5.32 Å². The number of rotatable bonds is 5. The Morgan fingerprint density at radius 3 is 2.96 bits per heavy atom. The Morgan fingerprint density at radius 2 is 2.09 bits per heavy atom. The first kappa shape index (κ1) is 13.8. The standard InChI is InChI=1S/C17H18N6/c1-2-12-11-17(23-16(20-12)8-10-19-23)18-9-7-15-21-13-5-3-4-6-14(13)22-15/h3-6,8,10-11,18H,2,7,9H2,1H3,(H,21,22). The number of aryl methyl sites for hydroxylation is 1. The molecule has 6 nitrogen and oxygen atoms in total. The molecule has 0 aliphatic heterocycles. The van der Waals surface area contributed by atoms with Crippen molar-refractivity contribution in [3.8, 4) is 0 Å². The molecule has 3 heterocycles. The van der Waals surface area contributed by atoms with Crippen LogP contribution in [-0.4, -0.2) is 31.1 Å². The molecule has 0 spiro atoms. The fourth-order valence-corrected chi connectivity index (χ4v) is 2.71. The first-order valence-electron chi connectivity index (χ1n) is 7.84. The van der Waals surface area contributed by atoms with E-state index < -0.39 is 0 Å². The van der Waals surface area contributed by atoms with Gasteiger partial charge in [0, 0.05) is 30.8 Å². The number of nitrogens with one attached hydrogen (secondary N) is 2. The van der Waals surface area contributed by atoms with Crippen LogP contribution in [0.15, 0.2) is 42.6 Å². The molecule has 0 aliphatic carbocycles. The van der Waals surface area contributed by atoms with Gasteiger partial charge in [-0.25, -0.2) is 9.97 Å². The van der Waals surface area contributed by atoms with Crippen molar-refractivity contribution in [1.82, 2.24) is 24.6 Å². The molecule has 0 fully saturated rings. The van der Waals surface area contributed by atoms with Crippen molar-refractivity contribution in [2.45, 2.75) is 19.8 Å². The maximum atomic E-state index is 4.60. The highest BCUT2D eigenvalue weighted by Gasteiger charge is 2.06. The summed E-state index contributed by atoms with van der Waals surface area (Å²) in [6, 6.07) is 12.1. The van der Waals surface area contributed by atoms with E-state index in [-0.39, 0.29) is 0 Å². The van der Waals surface area contributed by atoms with Crippen LogP contribution in [0.5, 0.6) is 0 Å². The third-order valence-corrected chi connectivity index (χ3v) is 3.88. The lowest BCUT2D eigenvalue weighted by atomic mass is 10.3. The zero-order chi connectivity index (χ0) is 15.6. The minimum Gasteiger partial charge on any atom is -0.369 e. The van der Waals surface area contributed by atoms with Crippen LogP contribution in [0.4, 0.5) is 5.82 Å². The van der Waals surface area contributed by atoms with Gasteiger partial charge in [-0.2, -0.15) is 9.61 Å². The summed E-state index contributed by atoms with van der Waals surface area (Å²) in [6.45, 7) is 2.88. The molecule has 23 heavy (non-hydrogen) atoms. The van der Waals surface area contributed by atoms with Crippen LogP contribution in [-0.2, 0) is 12.8 Å². The zero-order valence-corrected chi connectivity index (χ0v) is 13.0. The zero-order valence-electron chi connectivity index (χ0n) is 13.0. The molecule has 0 saturated carbocycles. The Kier molecular flexibility index (Phi) is 3.42. The molecule has 0 saturated heterocycles. The van der Waals surface area contributed by atoms with Crippen LogP contribution in [0.1, 0.15) is 18.4 Å². The molecule has 0 unspecified atom stereocenters. The monoisotopic (exact) mass is 306 g/mol. The fourth-order valence-electron chi connectivity index (χ4n) is 2.71. The average Bonchev–Trinajstić information content (AvgIpc) is 3.20. The fraction of sp³-hybridized carbons (Fsp3) is 0.235. The molecule has 0 radical (unpaired) electrons. The van der Waals surface area contributed by atoms with Gasteiger partial charge in [0.05, 0.1) is 17.2 Å². The van der Waals surface area contributed by atoms with Crippen molar-refractivity contribution in [2.24, 2.45) is 0 Å². The SMILES string of the molecule is CCc1cc(NCCc2nc3ccccc3[nH]2)n2nccc2n1. The number of fused-ring (bicyclic) bond motifs is 2. The third kappa shape index (κ3) is 2.63. The first-order valence-corrected chi connectivity index (χ1v) is 7.84. The summed E-state index contributed by atoms with van der Waals surface area (Å²) in [5.74, 6) is 1.95. The van der Waals surface area contributed by atoms with Gasteiger partial charge in [-0.3, -0.25) is 0 Å². The van der Waals surface area contributed by atoms with Crippen LogP contribution in [0.25, 0.3) is 16.7 Å². The van der Waals surface area contributed by atoms with Gasteiger partial charge >= 0.3 is 0 Å². The van der Waals surface area contributed by atoms with Crippen molar-refractivity contribution in [2.75, 3.05) is 11.9 Å². The molecule has 3 aromatic heterocycles. The summed E-state index contributed by atoms with van der Waals surface area (Å²) < 4.78 is 1.83. The van der Waals surface area contributed by atoms with E-state index >= 15 is 0 Å². The van der Waals surface area contributed by atoms with E-state index in [1.165, 1.54) is 0 Å². The number of hydrogen-bond donors (Lipinski definition) is 2. The highest BCUT2D eigenvalue weighted by Crippen LogP contribution is 2.14. The molecule has 0 aliphatic rings. The Bertz CT molecular complexity index is 919. The van der Waals surface area contributed by atoms with Gasteiger partial charge < -0.3 is 10.3 Å². The molecular formula is C17H18N6. The molecule has 1 aromatic carbocycles. The van der Waals surface area contributed by atoms with E-state index in [1.54, 1.807) is 6.20 Å². The van der Waals surface area contributed by atoms with Crippen LogP contribution in [0.3, 0.4) is 0 Å². The molecular weight excluding hydrogens is 288 g/mol. The van der Waals surface area contributed by atoms with Gasteiger partial charge in [-0.15, -0.1) is 0 Å². The van der Waals surface area contributed by atoms with Gasteiger partial charge in [-0.1, -0.05) is 19.1 Å². The second-order valence-corrected chi connectivity index (χ2v) is 5.46. The van der Waals surface area contributed by atoms with Crippen molar-refractivity contribution < 1.29 is 0 Å². The van der Waals surface area contributed by atoms with E-state index in [0.29, 0.717) is 0 Å². The van der Waals surface area contributed by atoms with Gasteiger partial charge in [0.25, 0.3) is 0 Å². The number of hydrogen-bond acceptors (Lipinski definition) is 4. The van der Waals surface area contributed by atoms with Gasteiger partial charge in [0.2, 0.25) is 0 Å². The van der Waals surface area contributed by atoms with Gasteiger partial charge in [-0.05, 0) is 18.6 Å². The van der Waals surface area contributed by atoms with E-state index in [0.717, 1.165) is 53.4 Å². The molecule has 6 heteroatoms. The smallest absolute Gasteiger partial charge is 0.157 e. The molecule has 2 N–H and O–H groups in total. The number of aromatic amines is 1. The van der Waals surface area contributed by atoms with E-state index in [9.17, 15) is 0 Å². The first-order chi connectivity index (χ1) is 11.3. The number of H-pyrrole nitrogens is 1. The molecule has 0 bridgehead atoms. The Labute approximate surface area is 133 Å². The minimum atomic E-state index is 0.780. The van der Waals surface area contributed by atoms with Crippen LogP contribution in [0.2, 0.25) is 0 Å². The molecule has 4 aromatic rings. The summed E-state index contributed by atoms with van der Waals surface area (Å²) in [5, 5.41) is 7.76. The molecule has 0 atom stereocenters. The number of aromatic nitrogens is 5. The van der Waals surface area contributed by atoms with Gasteiger partial charge in [0.1, 0.15) is 11.6 Å². The lowest BCUT2D eigenvalue weighted by Crippen LogP contribution is -2.11. The summed E-state index contributed by atoms with van der Waals surface area (Å²) in [4.78, 5) is 12.5. The number of anilines is 1. The quantitative estimate of drug-likeness (QED) is 0.595. The van der Waals surface area contributed by atoms with E-state index in [4.69, 9.17) is 0 Å². The van der Waals surface area contributed by atoms with Crippen molar-refractivity contribution in [3.05, 3.63) is 54.1 Å². The van der Waals surface area contributed by atoms with Crippen molar-refractivity contribution in [1.29, 1.82) is 0 Å². The van der Waals surface area contributed by atoms with Crippen molar-refractivity contribution in [3.63, 3.8) is 0 Å². The second kappa shape index (κ2) is 5.72. The Hall–Kier alpha value is -2.89. The number of imidazole rings is 1.